The Bertz CT molecular complexity index is 523. The minimum Gasteiger partial charge on any atom is -0.411 e. The Labute approximate surface area is 99.6 Å². The van der Waals surface area contributed by atoms with Gasteiger partial charge in [0, 0.05) is 16.9 Å². The number of oxime groups is 1. The van der Waals surface area contributed by atoms with Crippen molar-refractivity contribution in [2.45, 2.75) is 6.92 Å². The maximum atomic E-state index is 8.47. The van der Waals surface area contributed by atoms with E-state index >= 15 is 0 Å². The molecule has 0 aliphatic rings. The van der Waals surface area contributed by atoms with Crippen molar-refractivity contribution in [3.8, 4) is 0 Å². The minimum atomic E-state index is 0.767. The molecule has 2 aromatic rings. The van der Waals surface area contributed by atoms with E-state index in [1.54, 1.807) is 0 Å². The Balaban J connectivity index is 2.21. The molecule has 1 aromatic carbocycles. The standard InChI is InChI=1S/C13H13N3O/c1-10-11(9-14-17)7-8-13(15-10)16-12-5-3-2-4-6-12/h2-9,17H,1H3,(H,15,16)/b14-9-. The van der Waals surface area contributed by atoms with E-state index in [9.17, 15) is 0 Å². The van der Waals surface area contributed by atoms with E-state index in [1.807, 2.05) is 49.4 Å². The Morgan fingerprint density at radius 1 is 1.18 bits per heavy atom. The molecule has 1 heterocycles. The second-order valence-corrected chi connectivity index (χ2v) is 3.61. The molecule has 2 N–H and O–H groups in total. The summed E-state index contributed by atoms with van der Waals surface area (Å²) in [4.78, 5) is 4.37. The number of para-hydroxylation sites is 1. The van der Waals surface area contributed by atoms with E-state index in [0.29, 0.717) is 0 Å². The lowest BCUT2D eigenvalue weighted by atomic mass is 10.2. The molecule has 0 radical (unpaired) electrons. The van der Waals surface area contributed by atoms with Crippen molar-refractivity contribution in [2.75, 3.05) is 5.32 Å². The normalized spacial score (nSPS) is 10.6. The molecule has 0 aliphatic heterocycles. The van der Waals surface area contributed by atoms with Gasteiger partial charge in [-0.3, -0.25) is 0 Å². The maximum Gasteiger partial charge on any atom is 0.130 e. The average Bonchev–Trinajstić information content (AvgIpc) is 2.34. The van der Waals surface area contributed by atoms with Gasteiger partial charge in [-0.1, -0.05) is 23.4 Å². The lowest BCUT2D eigenvalue weighted by molar-refractivity contribution is 0.322. The van der Waals surface area contributed by atoms with Crippen LogP contribution in [-0.4, -0.2) is 16.4 Å². The molecule has 0 spiro atoms. The average molecular weight is 227 g/mol. The summed E-state index contributed by atoms with van der Waals surface area (Å²) in [6, 6.07) is 13.5. The SMILES string of the molecule is Cc1nc(Nc2ccccc2)ccc1/C=N\O. The molecule has 0 fully saturated rings. The van der Waals surface area contributed by atoms with Crippen LogP contribution < -0.4 is 5.32 Å². The number of rotatable bonds is 3. The Hall–Kier alpha value is -2.36. The first kappa shape index (κ1) is 11.1. The zero-order valence-corrected chi connectivity index (χ0v) is 9.46. The highest BCUT2D eigenvalue weighted by atomic mass is 16.4. The first-order chi connectivity index (χ1) is 8.29. The molecule has 4 heteroatoms. The fourth-order valence-corrected chi connectivity index (χ4v) is 1.51. The lowest BCUT2D eigenvalue weighted by Crippen LogP contribution is -1.97. The number of anilines is 2. The molecule has 0 aliphatic carbocycles. The maximum absolute atomic E-state index is 8.47. The van der Waals surface area contributed by atoms with Crippen LogP contribution in [-0.2, 0) is 0 Å². The fourth-order valence-electron chi connectivity index (χ4n) is 1.51. The topological polar surface area (TPSA) is 57.5 Å². The molecule has 1 aromatic heterocycles. The van der Waals surface area contributed by atoms with Gasteiger partial charge in [0.05, 0.1) is 6.21 Å². The van der Waals surface area contributed by atoms with Gasteiger partial charge in [-0.2, -0.15) is 0 Å². The van der Waals surface area contributed by atoms with Gasteiger partial charge in [0.1, 0.15) is 5.82 Å². The van der Waals surface area contributed by atoms with Gasteiger partial charge in [-0.25, -0.2) is 4.98 Å². The number of nitrogens with one attached hydrogen (secondary N) is 1. The molecular formula is C13H13N3O. The number of hydrogen-bond acceptors (Lipinski definition) is 4. The summed E-state index contributed by atoms with van der Waals surface area (Å²) in [5.74, 6) is 0.767. The van der Waals surface area contributed by atoms with Crippen LogP contribution in [0, 0.1) is 6.92 Å². The van der Waals surface area contributed by atoms with Gasteiger partial charge in [0.15, 0.2) is 0 Å². The third-order valence-corrected chi connectivity index (χ3v) is 2.37. The molecule has 0 unspecified atom stereocenters. The zero-order valence-electron chi connectivity index (χ0n) is 9.46. The Kier molecular flexibility index (Phi) is 3.35. The predicted octanol–water partition coefficient (Wildman–Crippen LogP) is 2.94. The van der Waals surface area contributed by atoms with E-state index in [0.717, 1.165) is 22.8 Å². The van der Waals surface area contributed by atoms with Gasteiger partial charge in [-0.15, -0.1) is 0 Å². The second-order valence-electron chi connectivity index (χ2n) is 3.61. The van der Waals surface area contributed by atoms with E-state index < -0.39 is 0 Å². The van der Waals surface area contributed by atoms with Crippen molar-refractivity contribution in [1.29, 1.82) is 0 Å². The van der Waals surface area contributed by atoms with E-state index in [2.05, 4.69) is 15.5 Å². The summed E-state index contributed by atoms with van der Waals surface area (Å²) in [5.41, 5.74) is 2.60. The van der Waals surface area contributed by atoms with Crippen molar-refractivity contribution < 1.29 is 5.21 Å². The second kappa shape index (κ2) is 5.12. The van der Waals surface area contributed by atoms with Crippen molar-refractivity contribution in [3.05, 3.63) is 53.7 Å². The van der Waals surface area contributed by atoms with Crippen LogP contribution in [0.4, 0.5) is 11.5 Å². The summed E-state index contributed by atoms with van der Waals surface area (Å²) in [6.45, 7) is 1.87. The molecule has 0 atom stereocenters. The number of aromatic nitrogens is 1. The van der Waals surface area contributed by atoms with Crippen LogP contribution >= 0.6 is 0 Å². The highest BCUT2D eigenvalue weighted by Gasteiger charge is 2.00. The predicted molar refractivity (Wildman–Crippen MR) is 68.1 cm³/mol. The molecule has 0 bridgehead atoms. The number of pyridine rings is 1. The first-order valence-corrected chi connectivity index (χ1v) is 5.27. The molecule has 0 saturated carbocycles. The van der Waals surface area contributed by atoms with Crippen LogP contribution in [0.15, 0.2) is 47.6 Å². The summed E-state index contributed by atoms with van der Waals surface area (Å²) in [7, 11) is 0. The highest BCUT2D eigenvalue weighted by molar-refractivity contribution is 5.81. The zero-order chi connectivity index (χ0) is 12.1. The van der Waals surface area contributed by atoms with Crippen molar-refractivity contribution in [2.24, 2.45) is 5.16 Å². The minimum absolute atomic E-state index is 0.767. The molecular weight excluding hydrogens is 214 g/mol. The van der Waals surface area contributed by atoms with E-state index in [1.165, 1.54) is 6.21 Å². The van der Waals surface area contributed by atoms with Crippen LogP contribution in [0.25, 0.3) is 0 Å². The summed E-state index contributed by atoms with van der Waals surface area (Å²) in [5, 5.41) is 14.7. The smallest absolute Gasteiger partial charge is 0.130 e. The fraction of sp³-hybridized carbons (Fsp3) is 0.0769. The number of aryl methyl sites for hydroxylation is 1. The monoisotopic (exact) mass is 227 g/mol. The summed E-state index contributed by atoms with van der Waals surface area (Å²) < 4.78 is 0. The summed E-state index contributed by atoms with van der Waals surface area (Å²) >= 11 is 0. The van der Waals surface area contributed by atoms with E-state index in [4.69, 9.17) is 5.21 Å². The first-order valence-electron chi connectivity index (χ1n) is 5.27. The van der Waals surface area contributed by atoms with Crippen LogP contribution in [0.2, 0.25) is 0 Å². The third kappa shape index (κ3) is 2.81. The molecule has 0 amide bonds. The third-order valence-electron chi connectivity index (χ3n) is 2.37. The molecule has 2 rings (SSSR count). The number of hydrogen-bond donors (Lipinski definition) is 2. The van der Waals surface area contributed by atoms with Gasteiger partial charge >= 0.3 is 0 Å². The van der Waals surface area contributed by atoms with Gasteiger partial charge in [-0.05, 0) is 31.2 Å². The number of benzene rings is 1. The van der Waals surface area contributed by atoms with Crippen LogP contribution in [0.3, 0.4) is 0 Å². The molecule has 86 valence electrons. The largest absolute Gasteiger partial charge is 0.411 e. The number of nitrogens with zero attached hydrogens (tertiary/aromatic N) is 2. The van der Waals surface area contributed by atoms with E-state index in [-0.39, 0.29) is 0 Å². The quantitative estimate of drug-likeness (QED) is 0.481. The molecule has 0 saturated heterocycles. The molecule has 17 heavy (non-hydrogen) atoms. The van der Waals surface area contributed by atoms with Gasteiger partial charge < -0.3 is 10.5 Å². The van der Waals surface area contributed by atoms with Crippen molar-refractivity contribution in [3.63, 3.8) is 0 Å². The summed E-state index contributed by atoms with van der Waals surface area (Å²) in [6.07, 6.45) is 1.37. The van der Waals surface area contributed by atoms with Crippen molar-refractivity contribution in [1.82, 2.24) is 4.98 Å². The molecule has 4 nitrogen and oxygen atoms in total. The van der Waals surface area contributed by atoms with Crippen molar-refractivity contribution >= 4 is 17.7 Å². The van der Waals surface area contributed by atoms with Gasteiger partial charge in [0.2, 0.25) is 0 Å². The Morgan fingerprint density at radius 2 is 1.94 bits per heavy atom. The van der Waals surface area contributed by atoms with Gasteiger partial charge in [0.25, 0.3) is 0 Å². The lowest BCUT2D eigenvalue weighted by Gasteiger charge is -2.07. The highest BCUT2D eigenvalue weighted by Crippen LogP contribution is 2.15. The van der Waals surface area contributed by atoms with Crippen LogP contribution in [0.5, 0.6) is 0 Å². The van der Waals surface area contributed by atoms with Crippen LogP contribution in [0.1, 0.15) is 11.3 Å². The Morgan fingerprint density at radius 3 is 2.59 bits per heavy atom.